The van der Waals surface area contributed by atoms with E-state index in [0.29, 0.717) is 18.9 Å². The van der Waals surface area contributed by atoms with Gasteiger partial charge in [0.15, 0.2) is 5.82 Å². The molecule has 1 unspecified atom stereocenters. The Morgan fingerprint density at radius 1 is 1.19 bits per heavy atom. The van der Waals surface area contributed by atoms with Gasteiger partial charge in [0.05, 0.1) is 5.69 Å². The van der Waals surface area contributed by atoms with Gasteiger partial charge in [-0.3, -0.25) is 4.68 Å². The summed E-state index contributed by atoms with van der Waals surface area (Å²) in [5, 5.41) is 4.53. The van der Waals surface area contributed by atoms with Crippen LogP contribution in [0.2, 0.25) is 0 Å². The SMILES string of the molecule is Cn1ccc(-c2nc(-c3ccc(F)cc3)ncc2C2CCN(C(=O)OC(C)(C)C)C2)n1. The number of hydrogen-bond donors (Lipinski definition) is 0. The van der Waals surface area contributed by atoms with Gasteiger partial charge >= 0.3 is 6.09 Å². The molecule has 0 N–H and O–H groups in total. The van der Waals surface area contributed by atoms with E-state index >= 15 is 0 Å². The summed E-state index contributed by atoms with van der Waals surface area (Å²) in [7, 11) is 1.85. The molecule has 7 nitrogen and oxygen atoms in total. The summed E-state index contributed by atoms with van der Waals surface area (Å²) < 4.78 is 20.6. The third-order valence-electron chi connectivity index (χ3n) is 5.16. The highest BCUT2D eigenvalue weighted by Crippen LogP contribution is 2.34. The van der Waals surface area contributed by atoms with E-state index in [0.717, 1.165) is 28.9 Å². The first kappa shape index (κ1) is 21.0. The second-order valence-corrected chi connectivity index (χ2v) is 8.79. The zero-order valence-corrected chi connectivity index (χ0v) is 18.2. The molecule has 1 aromatic carbocycles. The number of halogens is 1. The maximum atomic E-state index is 13.3. The van der Waals surface area contributed by atoms with E-state index in [-0.39, 0.29) is 17.8 Å². The van der Waals surface area contributed by atoms with Gasteiger partial charge in [-0.25, -0.2) is 19.2 Å². The molecule has 1 saturated heterocycles. The molecule has 3 heterocycles. The molecule has 1 aliphatic rings. The van der Waals surface area contributed by atoms with E-state index in [1.165, 1.54) is 12.1 Å². The lowest BCUT2D eigenvalue weighted by molar-refractivity contribution is 0.0292. The highest BCUT2D eigenvalue weighted by molar-refractivity contribution is 5.69. The minimum Gasteiger partial charge on any atom is -0.444 e. The van der Waals surface area contributed by atoms with Crippen LogP contribution in [0.5, 0.6) is 0 Å². The molecule has 0 radical (unpaired) electrons. The van der Waals surface area contributed by atoms with Gasteiger partial charge in [-0.1, -0.05) is 0 Å². The number of carbonyl (C=O) groups is 1. The Labute approximate surface area is 180 Å². The zero-order chi connectivity index (χ0) is 22.2. The van der Waals surface area contributed by atoms with Crippen molar-refractivity contribution < 1.29 is 13.9 Å². The normalized spacial score (nSPS) is 16.5. The second-order valence-electron chi connectivity index (χ2n) is 8.79. The Balaban J connectivity index is 1.66. The van der Waals surface area contributed by atoms with Crippen molar-refractivity contribution in [3.8, 4) is 22.8 Å². The van der Waals surface area contributed by atoms with Gasteiger partial charge in [0.2, 0.25) is 0 Å². The summed E-state index contributed by atoms with van der Waals surface area (Å²) in [5.41, 5.74) is 2.60. The Hall–Kier alpha value is -3.29. The van der Waals surface area contributed by atoms with Crippen LogP contribution in [0.4, 0.5) is 9.18 Å². The highest BCUT2D eigenvalue weighted by Gasteiger charge is 2.32. The molecular formula is C23H26FN5O2. The van der Waals surface area contributed by atoms with Crippen LogP contribution in [0.15, 0.2) is 42.7 Å². The molecule has 1 atom stereocenters. The van der Waals surface area contributed by atoms with Crippen molar-refractivity contribution in [2.75, 3.05) is 13.1 Å². The Kier molecular flexibility index (Phi) is 5.47. The van der Waals surface area contributed by atoms with Crippen LogP contribution in [-0.4, -0.2) is 49.4 Å². The van der Waals surface area contributed by atoms with Gasteiger partial charge in [0, 0.05) is 49.6 Å². The van der Waals surface area contributed by atoms with Gasteiger partial charge in [-0.05, 0) is 57.5 Å². The lowest BCUT2D eigenvalue weighted by atomic mass is 9.96. The molecule has 162 valence electrons. The number of aromatic nitrogens is 4. The maximum Gasteiger partial charge on any atom is 0.410 e. The van der Waals surface area contributed by atoms with Gasteiger partial charge in [0.25, 0.3) is 0 Å². The van der Waals surface area contributed by atoms with Crippen LogP contribution < -0.4 is 0 Å². The molecule has 2 aromatic heterocycles. The predicted octanol–water partition coefficient (Wildman–Crippen LogP) is 4.41. The molecular weight excluding hydrogens is 397 g/mol. The number of ether oxygens (including phenoxy) is 1. The molecule has 3 aromatic rings. The van der Waals surface area contributed by atoms with Crippen molar-refractivity contribution in [1.82, 2.24) is 24.6 Å². The van der Waals surface area contributed by atoms with Crippen molar-refractivity contribution in [3.05, 3.63) is 54.1 Å². The van der Waals surface area contributed by atoms with Crippen LogP contribution in [-0.2, 0) is 11.8 Å². The van der Waals surface area contributed by atoms with E-state index in [4.69, 9.17) is 9.72 Å². The summed E-state index contributed by atoms with van der Waals surface area (Å²) in [6, 6.07) is 8.00. The second kappa shape index (κ2) is 8.09. The van der Waals surface area contributed by atoms with Gasteiger partial charge in [0.1, 0.15) is 17.1 Å². The summed E-state index contributed by atoms with van der Waals surface area (Å²) >= 11 is 0. The first-order valence-corrected chi connectivity index (χ1v) is 10.3. The smallest absolute Gasteiger partial charge is 0.410 e. The molecule has 4 rings (SSSR count). The van der Waals surface area contributed by atoms with Crippen LogP contribution in [0, 0.1) is 5.82 Å². The molecule has 0 bridgehead atoms. The van der Waals surface area contributed by atoms with Gasteiger partial charge < -0.3 is 9.64 Å². The number of benzene rings is 1. The Bertz CT molecular complexity index is 1090. The molecule has 8 heteroatoms. The van der Waals surface area contributed by atoms with E-state index in [9.17, 15) is 9.18 Å². The molecule has 0 spiro atoms. The van der Waals surface area contributed by atoms with Crippen molar-refractivity contribution >= 4 is 6.09 Å². The number of rotatable bonds is 3. The maximum absolute atomic E-state index is 13.3. The lowest BCUT2D eigenvalue weighted by Crippen LogP contribution is -2.35. The van der Waals surface area contributed by atoms with Crippen LogP contribution in [0.25, 0.3) is 22.8 Å². The third-order valence-corrected chi connectivity index (χ3v) is 5.16. The summed E-state index contributed by atoms with van der Waals surface area (Å²) in [6.45, 7) is 6.73. The fourth-order valence-electron chi connectivity index (χ4n) is 3.68. The number of likely N-dealkylation sites (tertiary alicyclic amines) is 1. The molecule has 0 aliphatic carbocycles. The number of carbonyl (C=O) groups excluding carboxylic acids is 1. The highest BCUT2D eigenvalue weighted by atomic mass is 19.1. The minimum absolute atomic E-state index is 0.0757. The molecule has 1 fully saturated rings. The molecule has 31 heavy (non-hydrogen) atoms. The summed E-state index contributed by atoms with van der Waals surface area (Å²) in [4.78, 5) is 23.5. The van der Waals surface area contributed by atoms with Crippen LogP contribution in [0.1, 0.15) is 38.7 Å². The van der Waals surface area contributed by atoms with Crippen LogP contribution in [0.3, 0.4) is 0 Å². The van der Waals surface area contributed by atoms with E-state index < -0.39 is 5.60 Å². The zero-order valence-electron chi connectivity index (χ0n) is 18.2. The molecule has 0 saturated carbocycles. The van der Waals surface area contributed by atoms with E-state index in [2.05, 4.69) is 10.1 Å². The van der Waals surface area contributed by atoms with E-state index in [1.54, 1.807) is 27.9 Å². The molecule has 1 amide bonds. The Morgan fingerprint density at radius 2 is 1.94 bits per heavy atom. The van der Waals surface area contributed by atoms with Crippen molar-refractivity contribution in [1.29, 1.82) is 0 Å². The fraction of sp³-hybridized carbons (Fsp3) is 0.391. The molecule has 1 aliphatic heterocycles. The monoisotopic (exact) mass is 423 g/mol. The number of hydrogen-bond acceptors (Lipinski definition) is 5. The van der Waals surface area contributed by atoms with Gasteiger partial charge in [-0.15, -0.1) is 0 Å². The van der Waals surface area contributed by atoms with Crippen molar-refractivity contribution in [2.24, 2.45) is 7.05 Å². The van der Waals surface area contributed by atoms with E-state index in [1.807, 2.05) is 40.1 Å². The fourth-order valence-corrected chi connectivity index (χ4v) is 3.68. The van der Waals surface area contributed by atoms with Gasteiger partial charge in [-0.2, -0.15) is 5.10 Å². The average Bonchev–Trinajstić information content (AvgIpc) is 3.36. The average molecular weight is 423 g/mol. The third kappa shape index (κ3) is 4.73. The number of amides is 1. The lowest BCUT2D eigenvalue weighted by Gasteiger charge is -2.24. The topological polar surface area (TPSA) is 73.1 Å². The summed E-state index contributed by atoms with van der Waals surface area (Å²) in [5.74, 6) is 0.275. The largest absolute Gasteiger partial charge is 0.444 e. The number of aryl methyl sites for hydroxylation is 1. The first-order valence-electron chi connectivity index (χ1n) is 10.3. The van der Waals surface area contributed by atoms with Crippen molar-refractivity contribution in [3.63, 3.8) is 0 Å². The first-order chi connectivity index (χ1) is 14.7. The summed E-state index contributed by atoms with van der Waals surface area (Å²) in [6.07, 6.45) is 4.15. The van der Waals surface area contributed by atoms with Crippen molar-refractivity contribution in [2.45, 2.75) is 38.7 Å². The quantitative estimate of drug-likeness (QED) is 0.624. The standard InChI is InChI=1S/C23H26FN5O2/c1-23(2,3)31-22(30)29-12-9-16(14-29)18-13-25-21(15-5-7-17(24)8-6-15)26-20(18)19-10-11-28(4)27-19/h5-8,10-11,13,16H,9,12,14H2,1-4H3. The van der Waals surface area contributed by atoms with Crippen LogP contribution >= 0.6 is 0 Å². The minimum atomic E-state index is -0.534. The predicted molar refractivity (Wildman–Crippen MR) is 115 cm³/mol. The number of nitrogens with zero attached hydrogens (tertiary/aromatic N) is 5. The Morgan fingerprint density at radius 3 is 2.58 bits per heavy atom.